The van der Waals surface area contributed by atoms with Crippen LogP contribution in [-0.4, -0.2) is 32.3 Å². The van der Waals surface area contributed by atoms with Crippen LogP contribution in [0.25, 0.3) is 0 Å². The number of nitrogens with zero attached hydrogens (tertiary/aromatic N) is 3. The average molecular weight is 524 g/mol. The molecular formula is C23H24Cl2FN5O2S. The molecule has 0 bridgehead atoms. The van der Waals surface area contributed by atoms with Crippen LogP contribution in [0.2, 0.25) is 10.0 Å². The van der Waals surface area contributed by atoms with Crippen molar-refractivity contribution in [1.29, 1.82) is 0 Å². The van der Waals surface area contributed by atoms with Crippen molar-refractivity contribution in [3.8, 4) is 0 Å². The number of nitrogens with one attached hydrogen (secondary N) is 2. The molecular weight excluding hydrogens is 500 g/mol. The van der Waals surface area contributed by atoms with E-state index in [1.165, 1.54) is 18.2 Å². The van der Waals surface area contributed by atoms with Crippen molar-refractivity contribution in [2.24, 2.45) is 13.0 Å². The summed E-state index contributed by atoms with van der Waals surface area (Å²) in [5, 5.41) is 15.1. The van der Waals surface area contributed by atoms with Crippen molar-refractivity contribution in [2.45, 2.75) is 31.5 Å². The molecule has 2 aromatic carbocycles. The summed E-state index contributed by atoms with van der Waals surface area (Å²) in [6.45, 7) is 4.07. The Labute approximate surface area is 211 Å². The summed E-state index contributed by atoms with van der Waals surface area (Å²) in [7, 11) is 1.77. The van der Waals surface area contributed by atoms with Crippen molar-refractivity contribution >= 4 is 52.5 Å². The number of hydrogen-bond acceptors (Lipinski definition) is 5. The van der Waals surface area contributed by atoms with E-state index in [0.717, 1.165) is 11.8 Å². The lowest BCUT2D eigenvalue weighted by Crippen LogP contribution is -2.31. The van der Waals surface area contributed by atoms with Gasteiger partial charge in [0.25, 0.3) is 5.91 Å². The zero-order valence-corrected chi connectivity index (χ0v) is 21.1. The number of carbonyl (C=O) groups is 2. The van der Waals surface area contributed by atoms with Crippen LogP contribution < -0.4 is 10.6 Å². The lowest BCUT2D eigenvalue weighted by molar-refractivity contribution is -0.113. The molecule has 2 amide bonds. The Balaban J connectivity index is 1.71. The fourth-order valence-corrected chi connectivity index (χ4v) is 4.46. The van der Waals surface area contributed by atoms with Crippen LogP contribution in [0, 0.1) is 11.7 Å². The predicted molar refractivity (Wildman–Crippen MR) is 133 cm³/mol. The predicted octanol–water partition coefficient (Wildman–Crippen LogP) is 5.51. The fraction of sp³-hybridized carbons (Fsp3) is 0.304. The van der Waals surface area contributed by atoms with Gasteiger partial charge in [0.1, 0.15) is 5.82 Å². The first kappa shape index (κ1) is 26.0. The Morgan fingerprint density at radius 3 is 2.56 bits per heavy atom. The molecule has 0 aliphatic carbocycles. The van der Waals surface area contributed by atoms with E-state index < -0.39 is 11.9 Å². The highest BCUT2D eigenvalue weighted by molar-refractivity contribution is 7.99. The number of para-hydroxylation sites is 1. The molecule has 2 N–H and O–H groups in total. The SMILES string of the molecule is CC(C)C[C@H](NC(=O)c1ccc(Cl)cc1Cl)c1nnc(SCC(=O)Nc2ccccc2F)n1C. The van der Waals surface area contributed by atoms with Crippen molar-refractivity contribution in [2.75, 3.05) is 11.1 Å². The molecule has 0 spiro atoms. The number of halogens is 3. The minimum atomic E-state index is -0.505. The van der Waals surface area contributed by atoms with Crippen LogP contribution in [0.15, 0.2) is 47.6 Å². The van der Waals surface area contributed by atoms with E-state index in [0.29, 0.717) is 28.0 Å². The van der Waals surface area contributed by atoms with E-state index in [1.807, 2.05) is 13.8 Å². The molecule has 1 aromatic heterocycles. The van der Waals surface area contributed by atoms with Crippen molar-refractivity contribution in [3.63, 3.8) is 0 Å². The third kappa shape index (κ3) is 6.71. The molecule has 0 aliphatic heterocycles. The minimum Gasteiger partial charge on any atom is -0.342 e. The third-order valence-corrected chi connectivity index (χ3v) is 6.42. The van der Waals surface area contributed by atoms with Crippen LogP contribution in [0.1, 0.15) is 42.5 Å². The lowest BCUT2D eigenvalue weighted by Gasteiger charge is -2.20. The quantitative estimate of drug-likeness (QED) is 0.361. The Hall–Kier alpha value is -2.62. The maximum absolute atomic E-state index is 13.7. The molecule has 7 nitrogen and oxygen atoms in total. The first-order valence-electron chi connectivity index (χ1n) is 10.5. The molecule has 0 aliphatic rings. The van der Waals surface area contributed by atoms with Crippen molar-refractivity contribution < 1.29 is 14.0 Å². The van der Waals surface area contributed by atoms with Gasteiger partial charge in [-0.25, -0.2) is 4.39 Å². The van der Waals surface area contributed by atoms with Gasteiger partial charge in [-0.15, -0.1) is 10.2 Å². The smallest absolute Gasteiger partial charge is 0.253 e. The number of benzene rings is 2. The third-order valence-electron chi connectivity index (χ3n) is 4.85. The summed E-state index contributed by atoms with van der Waals surface area (Å²) in [6.07, 6.45) is 0.612. The zero-order chi connectivity index (χ0) is 24.8. The first-order valence-corrected chi connectivity index (χ1v) is 12.2. The molecule has 34 heavy (non-hydrogen) atoms. The number of hydrogen-bond donors (Lipinski definition) is 2. The Kier molecular flexibility index (Phi) is 8.93. The number of anilines is 1. The second-order valence-corrected chi connectivity index (χ2v) is 9.78. The number of rotatable bonds is 9. The van der Waals surface area contributed by atoms with Crippen LogP contribution in [0.3, 0.4) is 0 Å². The van der Waals surface area contributed by atoms with Gasteiger partial charge in [-0.05, 0) is 42.7 Å². The number of thioether (sulfide) groups is 1. The van der Waals surface area contributed by atoms with Crippen LogP contribution >= 0.6 is 35.0 Å². The minimum absolute atomic E-state index is 0.0158. The summed E-state index contributed by atoms with van der Waals surface area (Å²) >= 11 is 13.3. The van der Waals surface area contributed by atoms with E-state index in [-0.39, 0.29) is 34.2 Å². The molecule has 0 fully saturated rings. The zero-order valence-electron chi connectivity index (χ0n) is 18.8. The normalized spacial score (nSPS) is 12.0. The number of amides is 2. The van der Waals surface area contributed by atoms with Gasteiger partial charge < -0.3 is 15.2 Å². The Morgan fingerprint density at radius 2 is 1.88 bits per heavy atom. The molecule has 0 saturated heterocycles. The fourth-order valence-electron chi connectivity index (χ4n) is 3.24. The molecule has 3 aromatic rings. The van der Waals surface area contributed by atoms with E-state index in [9.17, 15) is 14.0 Å². The maximum Gasteiger partial charge on any atom is 0.253 e. The van der Waals surface area contributed by atoms with E-state index >= 15 is 0 Å². The van der Waals surface area contributed by atoms with E-state index in [4.69, 9.17) is 23.2 Å². The number of carbonyl (C=O) groups excluding carboxylic acids is 2. The van der Waals surface area contributed by atoms with Crippen molar-refractivity contribution in [3.05, 3.63) is 69.7 Å². The first-order chi connectivity index (χ1) is 16.2. The summed E-state index contributed by atoms with van der Waals surface area (Å²) in [5.41, 5.74) is 0.425. The van der Waals surface area contributed by atoms with Crippen LogP contribution in [0.5, 0.6) is 0 Å². The van der Waals surface area contributed by atoms with E-state index in [2.05, 4.69) is 20.8 Å². The molecule has 0 unspecified atom stereocenters. The summed E-state index contributed by atoms with van der Waals surface area (Å²) in [6, 6.07) is 10.2. The van der Waals surface area contributed by atoms with Crippen molar-refractivity contribution in [1.82, 2.24) is 20.1 Å². The largest absolute Gasteiger partial charge is 0.342 e. The molecule has 0 radical (unpaired) electrons. The van der Waals surface area contributed by atoms with Gasteiger partial charge in [0, 0.05) is 12.1 Å². The van der Waals surface area contributed by atoms with Gasteiger partial charge in [0.15, 0.2) is 11.0 Å². The standard InChI is InChI=1S/C23H24Cl2FN5O2S/c1-13(2)10-19(28-22(33)15-9-8-14(24)11-16(15)25)21-29-30-23(31(21)3)34-12-20(32)27-18-7-5-4-6-17(18)26/h4-9,11,13,19H,10,12H2,1-3H3,(H,27,32)(H,28,33)/t19-/m0/s1. The molecule has 11 heteroatoms. The van der Waals surface area contributed by atoms with Gasteiger partial charge in [-0.1, -0.05) is 60.9 Å². The molecule has 3 rings (SSSR count). The topological polar surface area (TPSA) is 88.9 Å². The van der Waals surface area contributed by atoms with Gasteiger partial charge in [-0.2, -0.15) is 0 Å². The van der Waals surface area contributed by atoms with Gasteiger partial charge in [-0.3, -0.25) is 9.59 Å². The lowest BCUT2D eigenvalue weighted by atomic mass is 10.0. The average Bonchev–Trinajstić information content (AvgIpc) is 3.13. The Morgan fingerprint density at radius 1 is 1.15 bits per heavy atom. The highest BCUT2D eigenvalue weighted by atomic mass is 35.5. The molecule has 180 valence electrons. The molecule has 1 atom stereocenters. The van der Waals surface area contributed by atoms with Crippen LogP contribution in [0.4, 0.5) is 10.1 Å². The van der Waals surface area contributed by atoms with Gasteiger partial charge >= 0.3 is 0 Å². The second kappa shape index (κ2) is 11.7. The van der Waals surface area contributed by atoms with E-state index in [1.54, 1.807) is 35.9 Å². The summed E-state index contributed by atoms with van der Waals surface area (Å²) in [4.78, 5) is 25.2. The maximum atomic E-state index is 13.7. The summed E-state index contributed by atoms with van der Waals surface area (Å²) < 4.78 is 15.5. The van der Waals surface area contributed by atoms with Gasteiger partial charge in [0.05, 0.1) is 28.1 Å². The summed E-state index contributed by atoms with van der Waals surface area (Å²) in [5.74, 6) is -0.413. The number of aromatic nitrogens is 3. The highest BCUT2D eigenvalue weighted by Crippen LogP contribution is 2.26. The molecule has 1 heterocycles. The highest BCUT2D eigenvalue weighted by Gasteiger charge is 2.24. The molecule has 0 saturated carbocycles. The Bertz CT molecular complexity index is 1190. The van der Waals surface area contributed by atoms with Crippen LogP contribution in [-0.2, 0) is 11.8 Å². The second-order valence-electron chi connectivity index (χ2n) is 8.00. The monoisotopic (exact) mass is 523 g/mol. The van der Waals surface area contributed by atoms with Gasteiger partial charge in [0.2, 0.25) is 5.91 Å².